The average Bonchev–Trinajstić information content (AvgIpc) is 2.32. The second-order valence-electron chi connectivity index (χ2n) is 5.20. The SMILES string of the molecule is CN1CCN(CC(N)Cc2cccc(Br)c2)CC1. The normalized spacial score (nSPS) is 19.9. The molecule has 1 aromatic carbocycles. The number of hydrogen-bond acceptors (Lipinski definition) is 3. The summed E-state index contributed by atoms with van der Waals surface area (Å²) in [7, 11) is 2.18. The topological polar surface area (TPSA) is 32.5 Å². The maximum absolute atomic E-state index is 6.25. The predicted octanol–water partition coefficient (Wildman–Crippen LogP) is 1.57. The van der Waals surface area contributed by atoms with Crippen molar-refractivity contribution < 1.29 is 0 Å². The number of rotatable bonds is 4. The van der Waals surface area contributed by atoms with Gasteiger partial charge < -0.3 is 10.6 Å². The van der Waals surface area contributed by atoms with Gasteiger partial charge in [-0.3, -0.25) is 4.90 Å². The van der Waals surface area contributed by atoms with Gasteiger partial charge in [-0.1, -0.05) is 28.1 Å². The minimum Gasteiger partial charge on any atom is -0.326 e. The van der Waals surface area contributed by atoms with E-state index in [9.17, 15) is 0 Å². The van der Waals surface area contributed by atoms with E-state index in [1.807, 2.05) is 0 Å². The van der Waals surface area contributed by atoms with Gasteiger partial charge in [-0.05, 0) is 31.2 Å². The van der Waals surface area contributed by atoms with Crippen LogP contribution in [0.5, 0.6) is 0 Å². The number of piperazine rings is 1. The first kappa shape index (κ1) is 14.0. The summed E-state index contributed by atoms with van der Waals surface area (Å²) in [5.74, 6) is 0. The zero-order valence-corrected chi connectivity index (χ0v) is 12.6. The number of halogens is 1. The number of nitrogens with two attached hydrogens (primary N) is 1. The van der Waals surface area contributed by atoms with Crippen LogP contribution in [0, 0.1) is 0 Å². The molecule has 2 N–H and O–H groups in total. The predicted molar refractivity (Wildman–Crippen MR) is 79.8 cm³/mol. The fraction of sp³-hybridized carbons (Fsp3) is 0.571. The molecule has 0 saturated carbocycles. The molecule has 2 rings (SSSR count). The molecule has 3 nitrogen and oxygen atoms in total. The third-order valence-electron chi connectivity index (χ3n) is 3.48. The van der Waals surface area contributed by atoms with Crippen LogP contribution in [0.3, 0.4) is 0 Å². The monoisotopic (exact) mass is 311 g/mol. The highest BCUT2D eigenvalue weighted by atomic mass is 79.9. The van der Waals surface area contributed by atoms with E-state index in [1.165, 1.54) is 5.56 Å². The van der Waals surface area contributed by atoms with Crippen LogP contribution >= 0.6 is 15.9 Å². The molecule has 0 aromatic heterocycles. The summed E-state index contributed by atoms with van der Waals surface area (Å²) in [6, 6.07) is 8.65. The first-order chi connectivity index (χ1) is 8.63. The highest BCUT2D eigenvalue weighted by Crippen LogP contribution is 2.13. The Kier molecular flexibility index (Phi) is 5.18. The molecule has 1 fully saturated rings. The van der Waals surface area contributed by atoms with E-state index >= 15 is 0 Å². The van der Waals surface area contributed by atoms with Crippen molar-refractivity contribution in [1.29, 1.82) is 0 Å². The van der Waals surface area contributed by atoms with Crippen LogP contribution in [0.25, 0.3) is 0 Å². The summed E-state index contributed by atoms with van der Waals surface area (Å²) in [4.78, 5) is 4.85. The van der Waals surface area contributed by atoms with Crippen molar-refractivity contribution in [2.75, 3.05) is 39.8 Å². The molecule has 1 aliphatic rings. The molecule has 1 saturated heterocycles. The zero-order chi connectivity index (χ0) is 13.0. The first-order valence-corrected chi connectivity index (χ1v) is 7.34. The van der Waals surface area contributed by atoms with Crippen LogP contribution < -0.4 is 5.73 Å². The van der Waals surface area contributed by atoms with Crippen LogP contribution in [-0.4, -0.2) is 55.6 Å². The lowest BCUT2D eigenvalue weighted by molar-refractivity contribution is 0.147. The number of hydrogen-bond donors (Lipinski definition) is 1. The van der Waals surface area contributed by atoms with Gasteiger partial charge in [-0.2, -0.15) is 0 Å². The molecule has 0 radical (unpaired) electrons. The summed E-state index contributed by atoms with van der Waals surface area (Å²) in [6.07, 6.45) is 0.950. The summed E-state index contributed by atoms with van der Waals surface area (Å²) in [5, 5.41) is 0. The zero-order valence-electron chi connectivity index (χ0n) is 11.0. The maximum atomic E-state index is 6.25. The van der Waals surface area contributed by atoms with Crippen molar-refractivity contribution in [3.05, 3.63) is 34.3 Å². The van der Waals surface area contributed by atoms with Gasteiger partial charge in [0, 0.05) is 43.2 Å². The van der Waals surface area contributed by atoms with Crippen LogP contribution in [0.4, 0.5) is 0 Å². The van der Waals surface area contributed by atoms with Gasteiger partial charge in [-0.15, -0.1) is 0 Å². The van der Waals surface area contributed by atoms with Gasteiger partial charge >= 0.3 is 0 Å². The van der Waals surface area contributed by atoms with Crippen molar-refractivity contribution >= 4 is 15.9 Å². The number of benzene rings is 1. The standard InChI is InChI=1S/C14H22BrN3/c1-17-5-7-18(8-6-17)11-14(16)10-12-3-2-4-13(15)9-12/h2-4,9,14H,5-8,10-11,16H2,1H3. The Morgan fingerprint density at radius 2 is 2.00 bits per heavy atom. The Bertz CT molecular complexity index is 375. The molecule has 1 atom stereocenters. The van der Waals surface area contributed by atoms with E-state index in [1.54, 1.807) is 0 Å². The van der Waals surface area contributed by atoms with Crippen molar-refractivity contribution in [2.24, 2.45) is 5.73 Å². The fourth-order valence-corrected chi connectivity index (χ4v) is 2.84. The fourth-order valence-electron chi connectivity index (χ4n) is 2.39. The van der Waals surface area contributed by atoms with E-state index in [4.69, 9.17) is 5.73 Å². The van der Waals surface area contributed by atoms with Gasteiger partial charge in [-0.25, -0.2) is 0 Å². The molecule has 0 amide bonds. The molecular formula is C14H22BrN3. The third kappa shape index (κ3) is 4.35. The highest BCUT2D eigenvalue weighted by Gasteiger charge is 2.16. The quantitative estimate of drug-likeness (QED) is 0.916. The van der Waals surface area contributed by atoms with Crippen molar-refractivity contribution in [3.8, 4) is 0 Å². The average molecular weight is 312 g/mol. The third-order valence-corrected chi connectivity index (χ3v) is 3.97. The summed E-state index contributed by atoms with van der Waals surface area (Å²) < 4.78 is 1.13. The van der Waals surface area contributed by atoms with E-state index in [0.717, 1.165) is 43.6 Å². The number of nitrogens with zero attached hydrogens (tertiary/aromatic N) is 2. The minimum absolute atomic E-state index is 0.225. The van der Waals surface area contributed by atoms with E-state index in [0.29, 0.717) is 0 Å². The van der Waals surface area contributed by atoms with Crippen LogP contribution in [-0.2, 0) is 6.42 Å². The Labute approximate surface area is 118 Å². The minimum atomic E-state index is 0.225. The Balaban J connectivity index is 1.80. The lowest BCUT2D eigenvalue weighted by atomic mass is 10.1. The smallest absolute Gasteiger partial charge is 0.0208 e. The summed E-state index contributed by atoms with van der Waals surface area (Å²) >= 11 is 3.50. The van der Waals surface area contributed by atoms with Gasteiger partial charge in [0.05, 0.1) is 0 Å². The van der Waals surface area contributed by atoms with Gasteiger partial charge in [0.1, 0.15) is 0 Å². The lowest BCUT2D eigenvalue weighted by Gasteiger charge is -2.33. The molecule has 0 bridgehead atoms. The molecular weight excluding hydrogens is 290 g/mol. The molecule has 4 heteroatoms. The van der Waals surface area contributed by atoms with Gasteiger partial charge in [0.2, 0.25) is 0 Å². The Morgan fingerprint density at radius 3 is 2.67 bits per heavy atom. The van der Waals surface area contributed by atoms with E-state index < -0.39 is 0 Å². The molecule has 0 aliphatic carbocycles. The van der Waals surface area contributed by atoms with E-state index in [-0.39, 0.29) is 6.04 Å². The van der Waals surface area contributed by atoms with Gasteiger partial charge in [0.15, 0.2) is 0 Å². The van der Waals surface area contributed by atoms with Crippen LogP contribution in [0.1, 0.15) is 5.56 Å². The lowest BCUT2D eigenvalue weighted by Crippen LogP contribution is -2.49. The van der Waals surface area contributed by atoms with Gasteiger partial charge in [0.25, 0.3) is 0 Å². The first-order valence-electron chi connectivity index (χ1n) is 6.54. The second kappa shape index (κ2) is 6.66. The van der Waals surface area contributed by atoms with E-state index in [2.05, 4.69) is 57.0 Å². The maximum Gasteiger partial charge on any atom is 0.0208 e. The molecule has 0 spiro atoms. The molecule has 1 unspecified atom stereocenters. The van der Waals surface area contributed by atoms with Crippen molar-refractivity contribution in [3.63, 3.8) is 0 Å². The molecule has 1 heterocycles. The molecule has 1 aliphatic heterocycles. The largest absolute Gasteiger partial charge is 0.326 e. The summed E-state index contributed by atoms with van der Waals surface area (Å²) in [5.41, 5.74) is 7.56. The van der Waals surface area contributed by atoms with Crippen molar-refractivity contribution in [2.45, 2.75) is 12.5 Å². The summed E-state index contributed by atoms with van der Waals surface area (Å²) in [6.45, 7) is 5.60. The van der Waals surface area contributed by atoms with Crippen LogP contribution in [0.15, 0.2) is 28.7 Å². The molecule has 100 valence electrons. The highest BCUT2D eigenvalue weighted by molar-refractivity contribution is 9.10. The second-order valence-corrected chi connectivity index (χ2v) is 6.11. The Morgan fingerprint density at radius 1 is 1.28 bits per heavy atom. The number of likely N-dealkylation sites (N-methyl/N-ethyl adjacent to an activating group) is 1. The molecule has 1 aromatic rings. The van der Waals surface area contributed by atoms with Crippen molar-refractivity contribution in [1.82, 2.24) is 9.80 Å². The van der Waals surface area contributed by atoms with Crippen LogP contribution in [0.2, 0.25) is 0 Å². The Hall–Kier alpha value is -0.420. The molecule has 18 heavy (non-hydrogen) atoms.